The molecule has 1 atom stereocenters. The summed E-state index contributed by atoms with van der Waals surface area (Å²) in [6.07, 6.45) is -4.09. The van der Waals surface area contributed by atoms with Gasteiger partial charge in [0.15, 0.2) is 0 Å². The summed E-state index contributed by atoms with van der Waals surface area (Å²) in [5.74, 6) is -3.93. The molecule has 1 amide bonds. The van der Waals surface area contributed by atoms with Gasteiger partial charge in [-0.05, 0) is 37.3 Å². The number of hydrogen-bond donors (Lipinski definition) is 1. The molecule has 13 heteroatoms. The van der Waals surface area contributed by atoms with Crippen LogP contribution in [0.5, 0.6) is 0 Å². The number of carboxylic acid groups (broad SMARTS) is 1. The maximum Gasteiger partial charge on any atom is 0.433 e. The fraction of sp³-hybridized carbons (Fsp3) is 0.393. The number of rotatable bonds is 13. The molecular formula is C28H32F3N2O8-. The van der Waals surface area contributed by atoms with Gasteiger partial charge in [0.2, 0.25) is 0 Å². The molecule has 41 heavy (non-hydrogen) atoms. The highest BCUT2D eigenvalue weighted by atomic mass is 19.4. The molecule has 2 aromatic carbocycles. The lowest BCUT2D eigenvalue weighted by Gasteiger charge is -2.11. The van der Waals surface area contributed by atoms with Gasteiger partial charge in [-0.15, -0.1) is 0 Å². The Balaban J connectivity index is 0.00000106. The zero-order valence-electron chi connectivity index (χ0n) is 22.4. The summed E-state index contributed by atoms with van der Waals surface area (Å²) in [7, 11) is 0. The van der Waals surface area contributed by atoms with Gasteiger partial charge in [0.1, 0.15) is 25.2 Å². The molecule has 2 rings (SSSR count). The first-order valence-electron chi connectivity index (χ1n) is 12.6. The van der Waals surface area contributed by atoms with Crippen molar-refractivity contribution < 1.29 is 51.7 Å². The second-order valence-corrected chi connectivity index (χ2v) is 8.43. The summed E-state index contributed by atoms with van der Waals surface area (Å²) >= 11 is 0. The van der Waals surface area contributed by atoms with Crippen LogP contribution in [0.1, 0.15) is 50.2 Å². The van der Waals surface area contributed by atoms with Gasteiger partial charge in [-0.25, -0.2) is 4.79 Å². The van der Waals surface area contributed by atoms with Crippen LogP contribution in [0, 0.1) is 0 Å². The van der Waals surface area contributed by atoms with Crippen molar-refractivity contribution in [1.29, 1.82) is 0 Å². The van der Waals surface area contributed by atoms with Crippen molar-refractivity contribution in [2.75, 3.05) is 6.61 Å². The third kappa shape index (κ3) is 16.4. The smallest absolute Gasteiger partial charge is 0.433 e. The summed E-state index contributed by atoms with van der Waals surface area (Å²) in [6, 6.07) is 17.9. The van der Waals surface area contributed by atoms with Crippen LogP contribution in [0.3, 0.4) is 0 Å². The van der Waals surface area contributed by atoms with Crippen LogP contribution in [0.15, 0.2) is 65.7 Å². The van der Waals surface area contributed by atoms with Crippen LogP contribution in [-0.4, -0.2) is 48.5 Å². The minimum absolute atomic E-state index is 0.0866. The van der Waals surface area contributed by atoms with Gasteiger partial charge >= 0.3 is 24.2 Å². The summed E-state index contributed by atoms with van der Waals surface area (Å²) < 4.78 is 47.0. The predicted molar refractivity (Wildman–Crippen MR) is 139 cm³/mol. The molecular weight excluding hydrogens is 549 g/mol. The lowest BCUT2D eigenvalue weighted by molar-refractivity contribution is -0.344. The Morgan fingerprint density at radius 2 is 1.39 bits per heavy atom. The normalized spacial score (nSPS) is 11.9. The third-order valence-electron chi connectivity index (χ3n) is 5.10. The third-order valence-corrected chi connectivity index (χ3v) is 5.10. The highest BCUT2D eigenvalue weighted by Gasteiger charge is 2.28. The Kier molecular flexibility index (Phi) is 16.0. The number of esters is 2. The number of aliphatic carboxylic acids is 1. The SMILES string of the molecule is CCOC(=O)C(N)CCCCC(CC(=O)OCc1ccccc1)=NC(=O)OCc1ccccc1.O=C([O-])C(F)(F)F. The van der Waals surface area contributed by atoms with Crippen molar-refractivity contribution >= 4 is 29.7 Å². The Morgan fingerprint density at radius 1 is 0.878 bits per heavy atom. The fourth-order valence-electron chi connectivity index (χ4n) is 3.08. The molecule has 0 heterocycles. The van der Waals surface area contributed by atoms with Gasteiger partial charge in [0.05, 0.1) is 13.0 Å². The van der Waals surface area contributed by atoms with Crippen molar-refractivity contribution in [3.8, 4) is 0 Å². The lowest BCUT2D eigenvalue weighted by Crippen LogP contribution is -2.37. The zero-order chi connectivity index (χ0) is 30.7. The van der Waals surface area contributed by atoms with Gasteiger partial charge in [0, 0.05) is 5.71 Å². The van der Waals surface area contributed by atoms with E-state index in [-0.39, 0.29) is 26.2 Å². The molecule has 1 unspecified atom stereocenters. The first kappa shape index (κ1) is 34.8. The molecule has 0 saturated heterocycles. The van der Waals surface area contributed by atoms with E-state index < -0.39 is 36.2 Å². The van der Waals surface area contributed by atoms with E-state index in [4.69, 9.17) is 29.8 Å². The van der Waals surface area contributed by atoms with Gasteiger partial charge in [-0.3, -0.25) is 9.59 Å². The zero-order valence-corrected chi connectivity index (χ0v) is 22.4. The van der Waals surface area contributed by atoms with Crippen molar-refractivity contribution in [3.63, 3.8) is 0 Å². The van der Waals surface area contributed by atoms with Crippen LogP contribution >= 0.6 is 0 Å². The second-order valence-electron chi connectivity index (χ2n) is 8.43. The van der Waals surface area contributed by atoms with Crippen LogP contribution < -0.4 is 10.8 Å². The van der Waals surface area contributed by atoms with Crippen molar-refractivity contribution in [1.82, 2.24) is 0 Å². The highest BCUT2D eigenvalue weighted by Crippen LogP contribution is 2.12. The number of nitrogens with zero attached hydrogens (tertiary/aromatic N) is 1. The molecule has 0 radical (unpaired) electrons. The Morgan fingerprint density at radius 3 is 1.88 bits per heavy atom. The summed E-state index contributed by atoms with van der Waals surface area (Å²) in [4.78, 5) is 49.0. The lowest BCUT2D eigenvalue weighted by atomic mass is 10.1. The molecule has 0 bridgehead atoms. The maximum absolute atomic E-state index is 12.4. The van der Waals surface area contributed by atoms with Gasteiger partial charge < -0.3 is 29.8 Å². The number of carbonyl (C=O) groups is 4. The minimum Gasteiger partial charge on any atom is -0.542 e. The molecule has 2 N–H and O–H groups in total. The molecule has 0 spiro atoms. The van der Waals surface area contributed by atoms with Crippen molar-refractivity contribution in [2.24, 2.45) is 10.7 Å². The van der Waals surface area contributed by atoms with Gasteiger partial charge in [-0.1, -0.05) is 67.1 Å². The standard InChI is InChI=1S/C26H32N2O6.C2HF3O2/c1-2-32-25(30)23(27)16-10-9-15-22(17-24(29)33-18-20-11-5-3-6-12-20)28-26(31)34-19-21-13-7-4-8-14-21;3-2(4,5)1(6)7/h3-8,11-14,23H,2,9-10,15-19,27H2,1H3;(H,6,7)/p-1. The van der Waals surface area contributed by atoms with E-state index in [1.807, 2.05) is 60.7 Å². The maximum atomic E-state index is 12.4. The average Bonchev–Trinajstić information content (AvgIpc) is 2.94. The van der Waals surface area contributed by atoms with Crippen LogP contribution in [-0.2, 0) is 41.8 Å². The van der Waals surface area contributed by atoms with E-state index >= 15 is 0 Å². The van der Waals surface area contributed by atoms with E-state index in [1.165, 1.54) is 0 Å². The molecule has 0 aliphatic rings. The number of alkyl halides is 3. The predicted octanol–water partition coefficient (Wildman–Crippen LogP) is 3.65. The van der Waals surface area contributed by atoms with E-state index in [2.05, 4.69) is 4.99 Å². The van der Waals surface area contributed by atoms with Crippen LogP contribution in [0.25, 0.3) is 0 Å². The number of carboxylic acids is 1. The molecule has 10 nitrogen and oxygen atoms in total. The summed E-state index contributed by atoms with van der Waals surface area (Å²) in [6.45, 7) is 2.23. The molecule has 0 aromatic heterocycles. The number of hydrogen-bond acceptors (Lipinski definition) is 9. The highest BCUT2D eigenvalue weighted by molar-refractivity contribution is 6.03. The van der Waals surface area contributed by atoms with Gasteiger partial charge in [0.25, 0.3) is 0 Å². The largest absolute Gasteiger partial charge is 0.542 e. The number of amides is 1. The average molecular weight is 582 g/mol. The topological polar surface area (TPSA) is 157 Å². The molecule has 0 fully saturated rings. The van der Waals surface area contributed by atoms with E-state index in [9.17, 15) is 27.6 Å². The Bertz CT molecular complexity index is 1130. The first-order valence-corrected chi connectivity index (χ1v) is 12.6. The number of carbonyl (C=O) groups excluding carboxylic acids is 4. The number of unbranched alkanes of at least 4 members (excludes halogenated alkanes) is 1. The second kappa shape index (κ2) is 18.9. The molecule has 0 aliphatic carbocycles. The molecule has 0 saturated carbocycles. The van der Waals surface area contributed by atoms with Gasteiger partial charge in [-0.2, -0.15) is 18.2 Å². The molecule has 224 valence electrons. The van der Waals surface area contributed by atoms with Crippen molar-refractivity contribution in [3.05, 3.63) is 71.8 Å². The number of halogens is 3. The fourth-order valence-corrected chi connectivity index (χ4v) is 3.08. The van der Waals surface area contributed by atoms with Crippen molar-refractivity contribution in [2.45, 2.75) is 64.5 Å². The molecule has 2 aromatic rings. The monoisotopic (exact) mass is 581 g/mol. The van der Waals surface area contributed by atoms with E-state index in [1.54, 1.807) is 6.92 Å². The van der Waals surface area contributed by atoms with E-state index in [0.717, 1.165) is 11.1 Å². The number of benzene rings is 2. The summed E-state index contributed by atoms with van der Waals surface area (Å²) in [5.41, 5.74) is 7.88. The van der Waals surface area contributed by atoms with Crippen LogP contribution in [0.4, 0.5) is 18.0 Å². The number of aliphatic imine (C=N–C) groups is 1. The quantitative estimate of drug-likeness (QED) is 0.161. The first-order chi connectivity index (χ1) is 19.4. The Labute approximate surface area is 235 Å². The minimum atomic E-state index is -5.19. The van der Waals surface area contributed by atoms with Crippen LogP contribution in [0.2, 0.25) is 0 Å². The number of nitrogens with two attached hydrogens (primary N) is 1. The van der Waals surface area contributed by atoms with E-state index in [0.29, 0.717) is 31.4 Å². The number of ether oxygens (including phenoxy) is 3. The Hall–Kier alpha value is -4.26. The molecule has 0 aliphatic heterocycles. The summed E-state index contributed by atoms with van der Waals surface area (Å²) in [5, 5.41) is 8.78.